The highest BCUT2D eigenvalue weighted by Crippen LogP contribution is 2.26. The van der Waals surface area contributed by atoms with Crippen LogP contribution >= 0.6 is 0 Å². The van der Waals surface area contributed by atoms with Gasteiger partial charge in [0.25, 0.3) is 0 Å². The molecule has 0 fully saturated rings. The molecule has 1 heterocycles. The van der Waals surface area contributed by atoms with Crippen LogP contribution in [0.5, 0.6) is 0 Å². The van der Waals surface area contributed by atoms with Gasteiger partial charge in [-0.3, -0.25) is 0 Å². The summed E-state index contributed by atoms with van der Waals surface area (Å²) in [5.41, 5.74) is -1.48. The fraction of sp³-hybridized carbons (Fsp3) is 0.732. The third-order valence-corrected chi connectivity index (χ3v) is 9.63. The minimum atomic E-state index is -1.90. The molecule has 0 aromatic carbocycles. The van der Waals surface area contributed by atoms with Crippen molar-refractivity contribution >= 4 is 5.97 Å². The second-order valence-corrected chi connectivity index (χ2v) is 15.7. The Labute approximate surface area is 321 Å². The Morgan fingerprint density at radius 2 is 1.04 bits per heavy atom. The van der Waals surface area contributed by atoms with Gasteiger partial charge in [-0.15, -0.1) is 0 Å². The molecule has 12 atom stereocenters. The highest BCUT2D eigenvalue weighted by molar-refractivity contribution is 5.88. The van der Waals surface area contributed by atoms with E-state index < -0.39 is 79.2 Å². The molecule has 0 amide bonds. The molecule has 0 radical (unpaired) electrons. The molecule has 0 saturated carbocycles. The van der Waals surface area contributed by atoms with Crippen molar-refractivity contribution in [3.05, 3.63) is 60.3 Å². The van der Waals surface area contributed by atoms with E-state index in [1.807, 2.05) is 20.8 Å². The second kappa shape index (κ2) is 26.6. The van der Waals surface area contributed by atoms with E-state index >= 15 is 0 Å². The first kappa shape index (κ1) is 49.7. The van der Waals surface area contributed by atoms with Gasteiger partial charge in [-0.05, 0) is 83.0 Å². The van der Waals surface area contributed by atoms with Crippen LogP contribution in [0.25, 0.3) is 0 Å². The smallest absolute Gasteiger partial charge is 0.334 e. The number of esters is 1. The topological polar surface area (TPSA) is 249 Å². The Kier molecular flexibility index (Phi) is 24.5. The van der Waals surface area contributed by atoms with Crippen LogP contribution in [0, 0.1) is 11.8 Å². The summed E-state index contributed by atoms with van der Waals surface area (Å²) >= 11 is 0. The second-order valence-electron chi connectivity index (χ2n) is 15.7. The van der Waals surface area contributed by atoms with Crippen molar-refractivity contribution in [2.24, 2.45) is 11.8 Å². The fourth-order valence-electron chi connectivity index (χ4n) is 6.80. The molecule has 13 nitrogen and oxygen atoms in total. The average Bonchev–Trinajstić information content (AvgIpc) is 3.05. The maximum Gasteiger partial charge on any atom is 0.334 e. The minimum Gasteiger partial charge on any atom is -0.458 e. The van der Waals surface area contributed by atoms with Crippen molar-refractivity contribution in [1.82, 2.24) is 0 Å². The molecule has 0 aromatic heterocycles. The third-order valence-electron chi connectivity index (χ3n) is 9.63. The van der Waals surface area contributed by atoms with E-state index in [0.29, 0.717) is 18.4 Å². The van der Waals surface area contributed by atoms with Crippen molar-refractivity contribution in [3.8, 4) is 0 Å². The lowest BCUT2D eigenvalue weighted by Gasteiger charge is -2.31. The van der Waals surface area contributed by atoms with Crippen molar-refractivity contribution in [3.63, 3.8) is 0 Å². The summed E-state index contributed by atoms with van der Waals surface area (Å²) in [7, 11) is 0. The van der Waals surface area contributed by atoms with E-state index in [0.717, 1.165) is 0 Å². The van der Waals surface area contributed by atoms with Gasteiger partial charge in [0.15, 0.2) is 0 Å². The number of aliphatic hydroxyl groups is 11. The number of carbonyl (C=O) groups is 1. The summed E-state index contributed by atoms with van der Waals surface area (Å²) < 4.78 is 5.84. The molecule has 11 N–H and O–H groups in total. The van der Waals surface area contributed by atoms with E-state index in [2.05, 4.69) is 0 Å². The van der Waals surface area contributed by atoms with Gasteiger partial charge < -0.3 is 60.9 Å². The quantitative estimate of drug-likeness (QED) is 0.180. The number of cyclic esters (lactones) is 1. The molecule has 54 heavy (non-hydrogen) atoms. The van der Waals surface area contributed by atoms with Gasteiger partial charge in [-0.1, -0.05) is 75.5 Å². The van der Waals surface area contributed by atoms with Crippen LogP contribution in [0.15, 0.2) is 60.3 Å². The lowest BCUT2D eigenvalue weighted by molar-refractivity contribution is -0.149. The third kappa shape index (κ3) is 22.3. The Bertz CT molecular complexity index is 1180. The van der Waals surface area contributed by atoms with E-state index in [4.69, 9.17) is 4.74 Å². The van der Waals surface area contributed by atoms with Crippen LogP contribution in [-0.2, 0) is 9.53 Å². The number of carbonyl (C=O) groups excluding carboxylic acids is 1. The van der Waals surface area contributed by atoms with Crippen LogP contribution in [0.4, 0.5) is 0 Å². The Morgan fingerprint density at radius 1 is 0.630 bits per heavy atom. The Hall–Kier alpha value is -2.27. The van der Waals surface area contributed by atoms with Crippen LogP contribution < -0.4 is 0 Å². The first-order valence-electron chi connectivity index (χ1n) is 19.3. The summed E-state index contributed by atoms with van der Waals surface area (Å²) in [6.45, 7) is 6.72. The fourth-order valence-corrected chi connectivity index (χ4v) is 6.80. The zero-order valence-electron chi connectivity index (χ0n) is 32.6. The molecular weight excluding hydrogens is 700 g/mol. The van der Waals surface area contributed by atoms with Crippen molar-refractivity contribution in [1.29, 1.82) is 0 Å². The first-order valence-corrected chi connectivity index (χ1v) is 19.3. The van der Waals surface area contributed by atoms with Gasteiger partial charge in [0.2, 0.25) is 0 Å². The van der Waals surface area contributed by atoms with E-state index in [1.54, 1.807) is 61.6 Å². The standard InChI is InChI=1S/C41H70O13/c1-27(2)39-28(3)15-16-31(44)17-32(45)19-33(46)20-34(47)21-35(48)22-36(49)23-38(51)25-41(53,26-42)24-37(50)18-30(43)14-12-10-8-6-5-7-9-11-13-29(4)40(52)54-39/h5-13,27-28,30-39,42-51,53H,14-26H2,1-4H3/b7-5+,8-6+,11-9+,12-10+,29-13+/t28-,30+,31-,32-,33-,34+,35+,36-,37-,38+,39-,41?/m0/s1. The van der Waals surface area contributed by atoms with Crippen molar-refractivity contribution < 1.29 is 65.7 Å². The molecule has 1 unspecified atom stereocenters. The van der Waals surface area contributed by atoms with Gasteiger partial charge >= 0.3 is 5.97 Å². The number of allylic oxidation sites excluding steroid dienone is 8. The van der Waals surface area contributed by atoms with Gasteiger partial charge in [0, 0.05) is 18.4 Å². The summed E-state index contributed by atoms with van der Waals surface area (Å²) in [4.78, 5) is 12.8. The number of aliphatic hydroxyl groups excluding tert-OH is 10. The maximum absolute atomic E-state index is 12.8. The van der Waals surface area contributed by atoms with E-state index in [9.17, 15) is 61.0 Å². The monoisotopic (exact) mass is 770 g/mol. The van der Waals surface area contributed by atoms with E-state index in [-0.39, 0.29) is 76.0 Å². The minimum absolute atomic E-state index is 0.00933. The first-order chi connectivity index (χ1) is 25.3. The number of hydrogen-bond donors (Lipinski definition) is 11. The van der Waals surface area contributed by atoms with E-state index in [1.165, 1.54) is 0 Å². The largest absolute Gasteiger partial charge is 0.458 e. The van der Waals surface area contributed by atoms with Gasteiger partial charge in [-0.2, -0.15) is 0 Å². The summed E-state index contributed by atoms with van der Waals surface area (Å²) in [6.07, 6.45) is 4.33. The number of ether oxygens (including phenoxy) is 1. The van der Waals surface area contributed by atoms with Gasteiger partial charge in [0.05, 0.1) is 67.1 Å². The van der Waals surface area contributed by atoms with Gasteiger partial charge in [0.1, 0.15) is 6.10 Å². The predicted molar refractivity (Wildman–Crippen MR) is 206 cm³/mol. The average molecular weight is 771 g/mol. The molecule has 0 spiro atoms. The van der Waals surface area contributed by atoms with Crippen LogP contribution in [0.3, 0.4) is 0 Å². The number of hydrogen-bond acceptors (Lipinski definition) is 13. The molecule has 0 aliphatic carbocycles. The Balaban J connectivity index is 3.02. The van der Waals surface area contributed by atoms with Crippen molar-refractivity contribution in [2.75, 3.05) is 6.61 Å². The molecule has 1 aliphatic rings. The highest BCUT2D eigenvalue weighted by atomic mass is 16.5. The van der Waals surface area contributed by atoms with Crippen LogP contribution in [0.2, 0.25) is 0 Å². The number of rotatable bonds is 2. The summed E-state index contributed by atoms with van der Waals surface area (Å²) in [5.74, 6) is -0.518. The Morgan fingerprint density at radius 3 is 1.50 bits per heavy atom. The lowest BCUT2D eigenvalue weighted by Crippen LogP contribution is -2.42. The van der Waals surface area contributed by atoms with Crippen LogP contribution in [-0.4, -0.2) is 135 Å². The zero-order chi connectivity index (χ0) is 40.8. The molecule has 312 valence electrons. The zero-order valence-corrected chi connectivity index (χ0v) is 32.6. The van der Waals surface area contributed by atoms with Crippen molar-refractivity contribution in [2.45, 2.75) is 171 Å². The molecule has 0 bridgehead atoms. The molecule has 0 saturated heterocycles. The van der Waals surface area contributed by atoms with Gasteiger partial charge in [-0.25, -0.2) is 4.79 Å². The summed E-state index contributed by atoms with van der Waals surface area (Å²) in [5, 5.41) is 115. The molecule has 13 heteroatoms. The molecule has 1 rings (SSSR count). The molecular formula is C41H70O13. The highest BCUT2D eigenvalue weighted by Gasteiger charge is 2.34. The maximum atomic E-state index is 12.8. The normalized spacial score (nSPS) is 40.1. The van der Waals surface area contributed by atoms with Crippen LogP contribution in [0.1, 0.15) is 105 Å². The summed E-state index contributed by atoms with van der Waals surface area (Å²) in [6, 6.07) is 0. The molecule has 1 aliphatic heterocycles. The predicted octanol–water partition coefficient (Wildman–Crippen LogP) is 2.03. The lowest BCUT2D eigenvalue weighted by atomic mass is 9.87. The molecule has 0 aromatic rings. The SMILES string of the molecule is C\C1=C/C=C/C=C/C=C/C=C/C[C@@H](O)C[C@H](O)CC(O)(CO)C[C@H](O)C[C@@H](O)C[C@H](O)C[C@H](O)C[C@@H](O)C[C@@H](O)C[C@@H](O)CC[C@H](C)[C@H](C(C)C)OC1=O.